The van der Waals surface area contributed by atoms with Crippen LogP contribution in [0.5, 0.6) is 0 Å². The molecule has 0 aromatic heterocycles. The molecule has 0 aliphatic carbocycles. The van der Waals surface area contributed by atoms with E-state index in [0.29, 0.717) is 23.9 Å². The number of phosphoric acid groups is 1. The first-order valence-corrected chi connectivity index (χ1v) is 22.7. The van der Waals surface area contributed by atoms with Crippen molar-refractivity contribution in [3.63, 3.8) is 0 Å². The molecule has 0 fully saturated rings. The lowest BCUT2D eigenvalue weighted by atomic mass is 10.1. The predicted molar refractivity (Wildman–Crippen MR) is 217 cm³/mol. The zero-order valence-corrected chi connectivity index (χ0v) is 35.6. The minimum Gasteiger partial charge on any atom is -0.756 e. The van der Waals surface area contributed by atoms with Gasteiger partial charge in [0.05, 0.1) is 27.7 Å². The maximum Gasteiger partial charge on any atom is 0.306 e. The van der Waals surface area contributed by atoms with E-state index in [2.05, 4.69) is 50.3 Å². The third-order valence-corrected chi connectivity index (χ3v) is 9.85. The lowest BCUT2D eigenvalue weighted by Crippen LogP contribution is -2.37. The molecule has 53 heavy (non-hydrogen) atoms. The summed E-state index contributed by atoms with van der Waals surface area (Å²) in [6, 6.07) is 0. The van der Waals surface area contributed by atoms with Crippen molar-refractivity contribution < 1.29 is 42.1 Å². The summed E-state index contributed by atoms with van der Waals surface area (Å²) in [5.74, 6) is -0.899. The van der Waals surface area contributed by atoms with Crippen LogP contribution < -0.4 is 4.89 Å². The van der Waals surface area contributed by atoms with Gasteiger partial charge in [-0.2, -0.15) is 0 Å². The quantitative estimate of drug-likeness (QED) is 0.0201. The summed E-state index contributed by atoms with van der Waals surface area (Å²) in [7, 11) is 1.13. The second-order valence-electron chi connectivity index (χ2n) is 15.3. The van der Waals surface area contributed by atoms with Crippen molar-refractivity contribution in [1.82, 2.24) is 0 Å². The molecule has 0 saturated carbocycles. The number of esters is 2. The number of ether oxygens (including phenoxy) is 2. The summed E-state index contributed by atoms with van der Waals surface area (Å²) in [6.45, 7) is 4.14. The van der Waals surface area contributed by atoms with E-state index in [4.69, 9.17) is 18.5 Å². The number of unbranched alkanes of at least 4 members (excludes halogenated alkanes) is 18. The Balaban J connectivity index is 4.46. The van der Waals surface area contributed by atoms with Gasteiger partial charge in [-0.1, -0.05) is 134 Å². The van der Waals surface area contributed by atoms with E-state index in [9.17, 15) is 19.0 Å². The number of phosphoric ester groups is 1. The highest BCUT2D eigenvalue weighted by molar-refractivity contribution is 7.45. The fourth-order valence-corrected chi connectivity index (χ4v) is 6.24. The lowest BCUT2D eigenvalue weighted by Gasteiger charge is -2.28. The smallest absolute Gasteiger partial charge is 0.306 e. The van der Waals surface area contributed by atoms with Gasteiger partial charge in [0, 0.05) is 12.8 Å². The molecule has 0 aliphatic rings. The molecule has 310 valence electrons. The molecule has 0 aromatic rings. The van der Waals surface area contributed by atoms with Crippen LogP contribution in [0.25, 0.3) is 0 Å². The Kier molecular flexibility index (Phi) is 34.7. The number of carbonyl (C=O) groups is 2. The molecule has 0 spiro atoms. The minimum atomic E-state index is -4.63. The fourth-order valence-electron chi connectivity index (χ4n) is 5.51. The molecule has 0 rings (SSSR count). The second-order valence-corrected chi connectivity index (χ2v) is 16.8. The summed E-state index contributed by atoms with van der Waals surface area (Å²) < 4.78 is 33.8. The van der Waals surface area contributed by atoms with Gasteiger partial charge in [0.25, 0.3) is 7.82 Å². The number of hydrogen-bond donors (Lipinski definition) is 0. The van der Waals surface area contributed by atoms with Crippen LogP contribution in [0.3, 0.4) is 0 Å². The van der Waals surface area contributed by atoms with Crippen molar-refractivity contribution in [1.29, 1.82) is 0 Å². The number of nitrogens with zero attached hydrogens (tertiary/aromatic N) is 1. The van der Waals surface area contributed by atoms with Crippen LogP contribution in [-0.2, 0) is 32.7 Å². The molecule has 0 N–H and O–H groups in total. The summed E-state index contributed by atoms with van der Waals surface area (Å²) in [5, 5.41) is 0. The minimum absolute atomic E-state index is 0.0396. The molecular formula is C43H80NO8P. The number of carbonyl (C=O) groups excluding carboxylic acids is 2. The van der Waals surface area contributed by atoms with E-state index in [0.717, 1.165) is 51.4 Å². The first-order chi connectivity index (χ1) is 25.5. The molecular weight excluding hydrogens is 689 g/mol. The highest BCUT2D eigenvalue weighted by Crippen LogP contribution is 2.38. The van der Waals surface area contributed by atoms with Crippen molar-refractivity contribution in [3.05, 3.63) is 36.5 Å². The Labute approximate surface area is 325 Å². The molecule has 0 heterocycles. The van der Waals surface area contributed by atoms with E-state index in [1.54, 1.807) is 0 Å². The lowest BCUT2D eigenvalue weighted by molar-refractivity contribution is -0.870. The fraction of sp³-hybridized carbons (Fsp3) is 0.814. The molecule has 10 heteroatoms. The van der Waals surface area contributed by atoms with Gasteiger partial charge < -0.3 is 27.9 Å². The zero-order chi connectivity index (χ0) is 39.3. The molecule has 1 unspecified atom stereocenters. The third kappa shape index (κ3) is 39.7. The summed E-state index contributed by atoms with van der Waals surface area (Å²) in [4.78, 5) is 37.4. The standard InChI is InChI=1S/C43H80NO8P/c1-6-8-10-12-14-16-18-20-21-22-23-24-26-28-30-32-34-36-43(46)52-41(40-51-53(47,48)50-38-37-44(3,4)5)39-49-42(45)35-33-31-29-27-25-19-17-15-13-11-9-7-2/h15,17,23-24,28,30,41H,6-14,16,18-22,25-27,29,31-40H2,1-5H3/b17-15+,24-23+,30-28+/t41-/m1/s1. The average Bonchev–Trinajstić information content (AvgIpc) is 3.10. The average molecular weight is 770 g/mol. The summed E-state index contributed by atoms with van der Waals surface area (Å²) >= 11 is 0. The van der Waals surface area contributed by atoms with Gasteiger partial charge in [-0.15, -0.1) is 0 Å². The SMILES string of the molecule is CCCCC/C=C/CCCCCCCC(=O)OC[C@H](COP(=O)([O-])OCC[N+](C)(C)C)OC(=O)CCC/C=C/C/C=C/CCCCCCCCCCC. The van der Waals surface area contributed by atoms with Crippen molar-refractivity contribution in [3.8, 4) is 0 Å². The third-order valence-electron chi connectivity index (χ3n) is 8.88. The van der Waals surface area contributed by atoms with Gasteiger partial charge in [0.15, 0.2) is 6.10 Å². The molecule has 0 amide bonds. The van der Waals surface area contributed by atoms with Crippen LogP contribution in [0.4, 0.5) is 0 Å². The van der Waals surface area contributed by atoms with Crippen LogP contribution in [0, 0.1) is 0 Å². The Morgan fingerprint density at radius 1 is 0.585 bits per heavy atom. The summed E-state index contributed by atoms with van der Waals surface area (Å²) in [6.07, 6.45) is 38.9. The van der Waals surface area contributed by atoms with Crippen LogP contribution in [0.2, 0.25) is 0 Å². The van der Waals surface area contributed by atoms with Gasteiger partial charge in [-0.05, 0) is 64.2 Å². The van der Waals surface area contributed by atoms with E-state index >= 15 is 0 Å². The topological polar surface area (TPSA) is 111 Å². The van der Waals surface area contributed by atoms with Crippen LogP contribution in [0.15, 0.2) is 36.5 Å². The molecule has 2 atom stereocenters. The monoisotopic (exact) mass is 770 g/mol. The molecule has 0 saturated heterocycles. The molecule has 0 aliphatic heterocycles. The van der Waals surface area contributed by atoms with E-state index < -0.39 is 32.5 Å². The van der Waals surface area contributed by atoms with Crippen LogP contribution >= 0.6 is 7.82 Å². The maximum absolute atomic E-state index is 12.6. The van der Waals surface area contributed by atoms with Crippen molar-refractivity contribution in [2.75, 3.05) is 47.5 Å². The maximum atomic E-state index is 12.6. The van der Waals surface area contributed by atoms with Gasteiger partial charge in [-0.25, -0.2) is 0 Å². The highest BCUT2D eigenvalue weighted by Gasteiger charge is 2.21. The first kappa shape index (κ1) is 51.2. The molecule has 9 nitrogen and oxygen atoms in total. The number of quaternary nitrogens is 1. The van der Waals surface area contributed by atoms with Crippen LogP contribution in [0.1, 0.15) is 174 Å². The number of hydrogen-bond acceptors (Lipinski definition) is 8. The number of rotatable bonds is 38. The Morgan fingerprint density at radius 2 is 1.04 bits per heavy atom. The van der Waals surface area contributed by atoms with Gasteiger partial charge in [0.1, 0.15) is 19.8 Å². The van der Waals surface area contributed by atoms with Gasteiger partial charge in [-0.3, -0.25) is 14.2 Å². The predicted octanol–water partition coefficient (Wildman–Crippen LogP) is 11.1. The Bertz CT molecular complexity index is 1010. The Morgan fingerprint density at radius 3 is 1.60 bits per heavy atom. The summed E-state index contributed by atoms with van der Waals surface area (Å²) in [5.41, 5.74) is 0. The largest absolute Gasteiger partial charge is 0.756 e. The van der Waals surface area contributed by atoms with E-state index in [-0.39, 0.29) is 26.1 Å². The normalized spacial score (nSPS) is 14.0. The number of allylic oxidation sites excluding steroid dienone is 6. The molecule has 0 aromatic carbocycles. The van der Waals surface area contributed by atoms with Crippen molar-refractivity contribution in [2.45, 2.75) is 180 Å². The first-order valence-electron chi connectivity index (χ1n) is 21.2. The zero-order valence-electron chi connectivity index (χ0n) is 34.7. The molecule has 0 radical (unpaired) electrons. The van der Waals surface area contributed by atoms with Gasteiger partial charge in [0.2, 0.25) is 0 Å². The Hall–Kier alpha value is -1.77. The van der Waals surface area contributed by atoms with Crippen molar-refractivity contribution >= 4 is 19.8 Å². The van der Waals surface area contributed by atoms with E-state index in [1.807, 2.05) is 21.1 Å². The highest BCUT2D eigenvalue weighted by atomic mass is 31.2. The van der Waals surface area contributed by atoms with E-state index in [1.165, 1.54) is 83.5 Å². The van der Waals surface area contributed by atoms with Gasteiger partial charge >= 0.3 is 11.9 Å². The van der Waals surface area contributed by atoms with Crippen molar-refractivity contribution in [2.24, 2.45) is 0 Å². The second kappa shape index (κ2) is 35.9. The van der Waals surface area contributed by atoms with Crippen LogP contribution in [-0.4, -0.2) is 70.0 Å². The number of likely N-dealkylation sites (N-methyl/N-ethyl adjacent to an activating group) is 1. The molecule has 0 bridgehead atoms.